The lowest BCUT2D eigenvalue weighted by Gasteiger charge is -2.18. The third-order valence-corrected chi connectivity index (χ3v) is 4.62. The molecule has 0 atom stereocenters. The van der Waals surface area contributed by atoms with Crippen molar-refractivity contribution in [1.82, 2.24) is 15.0 Å². The largest absolute Gasteiger partial charge is 0.351 e. The molecule has 0 fully saturated rings. The Hall–Kier alpha value is -2.33. The zero-order valence-corrected chi connectivity index (χ0v) is 14.2. The van der Waals surface area contributed by atoms with Crippen LogP contribution in [0.25, 0.3) is 10.2 Å². The summed E-state index contributed by atoms with van der Waals surface area (Å²) in [7, 11) is 1.76. The molecule has 0 saturated carbocycles. The van der Waals surface area contributed by atoms with Gasteiger partial charge in [-0.15, -0.1) is 11.3 Å². The lowest BCUT2D eigenvalue weighted by atomic mass is 10.3. The minimum Gasteiger partial charge on any atom is -0.351 e. The normalized spacial score (nSPS) is 10.9. The molecule has 0 bridgehead atoms. The Bertz CT molecular complexity index is 954. The van der Waals surface area contributed by atoms with Crippen LogP contribution in [0.3, 0.4) is 0 Å². The van der Waals surface area contributed by atoms with Gasteiger partial charge in [0.15, 0.2) is 0 Å². The maximum Gasteiger partial charge on any atom is 0.288 e. The lowest BCUT2D eigenvalue weighted by Crippen LogP contribution is -2.22. The number of thiophene rings is 1. The van der Waals surface area contributed by atoms with Gasteiger partial charge in [-0.3, -0.25) is 14.9 Å². The summed E-state index contributed by atoms with van der Waals surface area (Å²) < 4.78 is 1.08. The van der Waals surface area contributed by atoms with Gasteiger partial charge in [0.1, 0.15) is 22.5 Å². The maximum absolute atomic E-state index is 12.0. The summed E-state index contributed by atoms with van der Waals surface area (Å²) in [5, 5.41) is 12.6. The predicted molar refractivity (Wildman–Crippen MR) is 90.9 cm³/mol. The number of hydrogen-bond acceptors (Lipinski definition) is 7. The monoisotopic (exact) mass is 395 g/mol. The number of nitrogens with zero attached hydrogens (tertiary/aromatic N) is 4. The van der Waals surface area contributed by atoms with Crippen LogP contribution in [-0.4, -0.2) is 26.9 Å². The molecule has 0 saturated heterocycles. The Morgan fingerprint density at radius 1 is 1.52 bits per heavy atom. The van der Waals surface area contributed by atoms with Crippen molar-refractivity contribution < 1.29 is 4.92 Å². The van der Waals surface area contributed by atoms with Crippen LogP contribution in [0.2, 0.25) is 0 Å². The highest BCUT2D eigenvalue weighted by molar-refractivity contribution is 9.10. The van der Waals surface area contributed by atoms with Crippen LogP contribution in [0.5, 0.6) is 0 Å². The fraction of sp³-hybridized carbons (Fsp3) is 0.154. The summed E-state index contributed by atoms with van der Waals surface area (Å²) in [5.41, 5.74) is 0.377. The van der Waals surface area contributed by atoms with Gasteiger partial charge < -0.3 is 9.88 Å². The molecule has 0 spiro atoms. The number of rotatable bonds is 4. The Morgan fingerprint density at radius 3 is 3.00 bits per heavy atom. The summed E-state index contributed by atoms with van der Waals surface area (Å²) in [5.74, 6) is 1.01. The molecule has 0 aliphatic carbocycles. The van der Waals surface area contributed by atoms with Crippen LogP contribution in [0.4, 0.5) is 11.5 Å². The number of fused-ring (bicyclic) bond motifs is 1. The van der Waals surface area contributed by atoms with E-state index in [4.69, 9.17) is 0 Å². The van der Waals surface area contributed by atoms with E-state index in [1.54, 1.807) is 18.0 Å². The number of nitrogens with one attached hydrogen (secondary N) is 1. The summed E-state index contributed by atoms with van der Waals surface area (Å²) >= 11 is 4.62. The average molecular weight is 396 g/mol. The Balaban J connectivity index is 1.89. The van der Waals surface area contributed by atoms with E-state index in [-0.39, 0.29) is 11.2 Å². The van der Waals surface area contributed by atoms with Gasteiger partial charge in [0.25, 0.3) is 11.2 Å². The van der Waals surface area contributed by atoms with Crippen molar-refractivity contribution in [2.45, 2.75) is 6.54 Å². The van der Waals surface area contributed by atoms with E-state index < -0.39 is 4.92 Å². The fourth-order valence-electron chi connectivity index (χ4n) is 2.10. The fourth-order valence-corrected chi connectivity index (χ4v) is 3.46. The molecule has 0 unspecified atom stereocenters. The molecule has 0 radical (unpaired) electrons. The molecule has 0 aliphatic heterocycles. The molecule has 3 rings (SSSR count). The number of anilines is 1. The molecule has 3 aromatic rings. The number of pyridine rings is 1. The van der Waals surface area contributed by atoms with E-state index in [2.05, 4.69) is 30.9 Å². The van der Waals surface area contributed by atoms with E-state index >= 15 is 0 Å². The van der Waals surface area contributed by atoms with Gasteiger partial charge in [0, 0.05) is 13.1 Å². The predicted octanol–water partition coefficient (Wildman–Crippen LogP) is 2.69. The third kappa shape index (κ3) is 3.08. The summed E-state index contributed by atoms with van der Waals surface area (Å²) in [6, 6.07) is 3.18. The van der Waals surface area contributed by atoms with Crippen molar-refractivity contribution in [3.63, 3.8) is 0 Å². The van der Waals surface area contributed by atoms with E-state index in [9.17, 15) is 14.9 Å². The molecule has 0 aliphatic rings. The van der Waals surface area contributed by atoms with Gasteiger partial charge in [0.05, 0.1) is 21.5 Å². The molecule has 118 valence electrons. The van der Waals surface area contributed by atoms with Gasteiger partial charge in [-0.25, -0.2) is 9.97 Å². The molecular weight excluding hydrogens is 386 g/mol. The highest BCUT2D eigenvalue weighted by Gasteiger charge is 2.15. The molecule has 3 aromatic heterocycles. The first kappa shape index (κ1) is 15.6. The maximum atomic E-state index is 12.0. The smallest absolute Gasteiger partial charge is 0.288 e. The number of nitro groups is 1. The zero-order valence-electron chi connectivity index (χ0n) is 11.8. The number of halogens is 1. The molecule has 3 heterocycles. The van der Waals surface area contributed by atoms with Crippen molar-refractivity contribution in [2.24, 2.45) is 0 Å². The molecule has 8 nitrogen and oxygen atoms in total. The van der Waals surface area contributed by atoms with E-state index in [1.165, 1.54) is 23.6 Å². The minimum absolute atomic E-state index is 0.0970. The number of aromatic nitrogens is 3. The molecule has 0 amide bonds. The summed E-state index contributed by atoms with van der Waals surface area (Å²) in [6.07, 6.45) is 1.19. The quantitative estimate of drug-likeness (QED) is 0.537. The molecule has 10 heteroatoms. The highest BCUT2D eigenvalue weighted by atomic mass is 79.9. The van der Waals surface area contributed by atoms with Crippen molar-refractivity contribution >= 4 is 49.0 Å². The second-order valence-electron chi connectivity index (χ2n) is 4.76. The first-order valence-corrected chi connectivity index (χ1v) is 8.10. The van der Waals surface area contributed by atoms with E-state index in [0.717, 1.165) is 0 Å². The third-order valence-electron chi connectivity index (χ3n) is 3.13. The van der Waals surface area contributed by atoms with Gasteiger partial charge in [-0.2, -0.15) is 0 Å². The number of aromatic amines is 1. The van der Waals surface area contributed by atoms with E-state index in [0.29, 0.717) is 32.9 Å². The summed E-state index contributed by atoms with van der Waals surface area (Å²) in [6.45, 7) is 0.310. The molecule has 1 N–H and O–H groups in total. The summed E-state index contributed by atoms with van der Waals surface area (Å²) in [4.78, 5) is 35.2. The highest BCUT2D eigenvalue weighted by Crippen LogP contribution is 2.27. The van der Waals surface area contributed by atoms with Gasteiger partial charge in [-0.1, -0.05) is 0 Å². The van der Waals surface area contributed by atoms with Crippen molar-refractivity contribution in [3.05, 3.63) is 54.5 Å². The van der Waals surface area contributed by atoms with Crippen LogP contribution >= 0.6 is 27.3 Å². The second kappa shape index (κ2) is 6.05. The molecule has 23 heavy (non-hydrogen) atoms. The SMILES string of the molecule is CN(Cc1nc2ccsc2c(=O)[nH]1)c1ncc([N+](=O)[O-])cc1Br. The lowest BCUT2D eigenvalue weighted by molar-refractivity contribution is -0.385. The zero-order chi connectivity index (χ0) is 16.6. The van der Waals surface area contributed by atoms with Crippen molar-refractivity contribution in [2.75, 3.05) is 11.9 Å². The first-order chi connectivity index (χ1) is 11.0. The Labute approximate surface area is 142 Å². The van der Waals surface area contributed by atoms with Crippen LogP contribution in [0.15, 0.2) is 33.0 Å². The number of H-pyrrole nitrogens is 1. The van der Waals surface area contributed by atoms with Gasteiger partial charge in [-0.05, 0) is 27.4 Å². The van der Waals surface area contributed by atoms with Gasteiger partial charge >= 0.3 is 0 Å². The Kier molecular flexibility index (Phi) is 4.09. The van der Waals surface area contributed by atoms with Crippen LogP contribution in [-0.2, 0) is 6.54 Å². The minimum atomic E-state index is -0.509. The van der Waals surface area contributed by atoms with Crippen LogP contribution < -0.4 is 10.5 Å². The van der Waals surface area contributed by atoms with Crippen LogP contribution in [0, 0.1) is 10.1 Å². The van der Waals surface area contributed by atoms with E-state index in [1.807, 2.05) is 5.38 Å². The average Bonchev–Trinajstić information content (AvgIpc) is 2.95. The number of hydrogen-bond donors (Lipinski definition) is 1. The molecular formula is C13H10BrN5O3S. The van der Waals surface area contributed by atoms with Gasteiger partial charge in [0.2, 0.25) is 0 Å². The van der Waals surface area contributed by atoms with Crippen molar-refractivity contribution in [1.29, 1.82) is 0 Å². The Morgan fingerprint density at radius 2 is 2.30 bits per heavy atom. The first-order valence-electron chi connectivity index (χ1n) is 6.43. The molecule has 0 aromatic carbocycles. The standard InChI is InChI=1S/C13H10BrN5O3S/c1-18(12-8(14)4-7(5-15-12)19(21)22)6-10-16-9-2-3-23-11(9)13(20)17-10/h2-5H,6H2,1H3,(H,16,17,20). The van der Waals surface area contributed by atoms with Crippen molar-refractivity contribution in [3.8, 4) is 0 Å². The van der Waals surface area contributed by atoms with Crippen LogP contribution in [0.1, 0.15) is 5.82 Å². The second-order valence-corrected chi connectivity index (χ2v) is 6.53. The topological polar surface area (TPSA) is 105 Å².